The predicted molar refractivity (Wildman–Crippen MR) is 105 cm³/mol. The van der Waals surface area contributed by atoms with Crippen LogP contribution in [0.15, 0.2) is 18.2 Å². The third kappa shape index (κ3) is 3.71. The monoisotopic (exact) mass is 389 g/mol. The van der Waals surface area contributed by atoms with Crippen LogP contribution in [0.4, 0.5) is 0 Å². The van der Waals surface area contributed by atoms with Gasteiger partial charge in [-0.25, -0.2) is 0 Å². The number of carbonyl (C=O) groups excluding carboxylic acids is 1. The number of hydrogen-bond acceptors (Lipinski definition) is 6. The molecule has 0 aliphatic rings. The van der Waals surface area contributed by atoms with Crippen molar-refractivity contribution in [2.24, 2.45) is 7.05 Å². The molecule has 0 spiro atoms. The van der Waals surface area contributed by atoms with E-state index < -0.39 is 0 Å². The first-order valence-corrected chi connectivity index (χ1v) is 9.30. The fraction of sp³-hybridized carbons (Fsp3) is 0.368. The molecule has 1 N–H and O–H groups in total. The number of fused-ring (bicyclic) bond motifs is 1. The van der Waals surface area contributed by atoms with Crippen molar-refractivity contribution in [1.82, 2.24) is 15.1 Å². The number of amides is 1. The second-order valence-electron chi connectivity index (χ2n) is 6.05. The highest BCUT2D eigenvalue weighted by atomic mass is 32.1. The van der Waals surface area contributed by atoms with Gasteiger partial charge in [-0.1, -0.05) is 0 Å². The van der Waals surface area contributed by atoms with Gasteiger partial charge in [-0.3, -0.25) is 9.48 Å². The SMILES string of the molecule is COc1cc(OC)c(CCNC(=O)c2cc3c(C)nn(C)c3s2)c(OC)c1. The summed E-state index contributed by atoms with van der Waals surface area (Å²) in [5, 5.41) is 8.35. The number of carbonyl (C=O) groups is 1. The summed E-state index contributed by atoms with van der Waals surface area (Å²) in [4.78, 5) is 14.2. The normalized spacial score (nSPS) is 10.9. The average Bonchev–Trinajstić information content (AvgIpc) is 3.23. The maximum atomic E-state index is 12.5. The summed E-state index contributed by atoms with van der Waals surface area (Å²) in [5.41, 5.74) is 1.81. The first kappa shape index (κ1) is 19.0. The Kier molecular flexibility index (Phi) is 5.55. The predicted octanol–water partition coefficient (Wildman–Crippen LogP) is 2.94. The van der Waals surface area contributed by atoms with Crippen molar-refractivity contribution >= 4 is 27.5 Å². The largest absolute Gasteiger partial charge is 0.496 e. The van der Waals surface area contributed by atoms with Crippen molar-refractivity contribution in [3.63, 3.8) is 0 Å². The fourth-order valence-electron chi connectivity index (χ4n) is 3.03. The molecule has 0 fully saturated rings. The second kappa shape index (κ2) is 7.87. The molecule has 1 aromatic carbocycles. The van der Waals surface area contributed by atoms with E-state index in [0.717, 1.165) is 21.5 Å². The number of aryl methyl sites for hydroxylation is 2. The molecule has 0 bridgehead atoms. The summed E-state index contributed by atoms with van der Waals surface area (Å²) in [7, 11) is 6.68. The van der Waals surface area contributed by atoms with Crippen LogP contribution in [-0.4, -0.2) is 43.6 Å². The van der Waals surface area contributed by atoms with E-state index in [4.69, 9.17) is 14.2 Å². The summed E-state index contributed by atoms with van der Waals surface area (Å²) >= 11 is 1.44. The Morgan fingerprint density at radius 1 is 1.15 bits per heavy atom. The molecule has 3 aromatic rings. The number of rotatable bonds is 7. The molecule has 0 saturated heterocycles. The molecule has 0 unspecified atom stereocenters. The lowest BCUT2D eigenvalue weighted by Gasteiger charge is -2.15. The minimum atomic E-state index is -0.0953. The van der Waals surface area contributed by atoms with E-state index in [0.29, 0.717) is 35.1 Å². The molecule has 0 aliphatic carbocycles. The molecule has 1 amide bonds. The zero-order chi connectivity index (χ0) is 19.6. The molecule has 8 heteroatoms. The minimum Gasteiger partial charge on any atom is -0.496 e. The molecule has 144 valence electrons. The number of benzene rings is 1. The Balaban J connectivity index is 1.71. The van der Waals surface area contributed by atoms with E-state index in [-0.39, 0.29) is 5.91 Å². The first-order valence-electron chi connectivity index (χ1n) is 8.48. The van der Waals surface area contributed by atoms with Crippen LogP contribution >= 0.6 is 11.3 Å². The standard InChI is InChI=1S/C19H23N3O4S/c1-11-14-10-17(27-19(14)22(2)21-11)18(23)20-7-6-13-15(25-4)8-12(24-3)9-16(13)26-5/h8-10H,6-7H2,1-5H3,(H,20,23). The van der Waals surface area contributed by atoms with Gasteiger partial charge < -0.3 is 19.5 Å². The Labute approximate surface area is 161 Å². The summed E-state index contributed by atoms with van der Waals surface area (Å²) in [6.45, 7) is 2.41. The molecule has 0 radical (unpaired) electrons. The number of nitrogens with zero attached hydrogens (tertiary/aromatic N) is 2. The highest BCUT2D eigenvalue weighted by molar-refractivity contribution is 7.20. The van der Waals surface area contributed by atoms with Gasteiger partial charge >= 0.3 is 0 Å². The van der Waals surface area contributed by atoms with Crippen molar-refractivity contribution in [2.75, 3.05) is 27.9 Å². The van der Waals surface area contributed by atoms with Crippen molar-refractivity contribution in [3.05, 3.63) is 34.3 Å². The summed E-state index contributed by atoms with van der Waals surface area (Å²) in [6.07, 6.45) is 0.577. The maximum absolute atomic E-state index is 12.5. The second-order valence-corrected chi connectivity index (χ2v) is 7.09. The van der Waals surface area contributed by atoms with E-state index in [9.17, 15) is 4.79 Å². The zero-order valence-electron chi connectivity index (χ0n) is 16.1. The number of hydrogen-bond donors (Lipinski definition) is 1. The Morgan fingerprint density at radius 3 is 2.37 bits per heavy atom. The molecule has 2 aromatic heterocycles. The summed E-state index contributed by atoms with van der Waals surface area (Å²) < 4.78 is 18.0. The van der Waals surface area contributed by atoms with E-state index >= 15 is 0 Å². The third-order valence-electron chi connectivity index (χ3n) is 4.40. The molecule has 3 rings (SSSR count). The molecular weight excluding hydrogens is 366 g/mol. The first-order chi connectivity index (χ1) is 13.0. The number of thiophene rings is 1. The molecule has 0 atom stereocenters. The van der Waals surface area contributed by atoms with Gasteiger partial charge in [0, 0.05) is 36.7 Å². The molecule has 2 heterocycles. The minimum absolute atomic E-state index is 0.0953. The van der Waals surface area contributed by atoms with Crippen LogP contribution in [0.2, 0.25) is 0 Å². The lowest BCUT2D eigenvalue weighted by atomic mass is 10.1. The van der Waals surface area contributed by atoms with Gasteiger partial charge in [0.2, 0.25) is 0 Å². The average molecular weight is 389 g/mol. The Hall–Kier alpha value is -2.74. The number of nitrogens with one attached hydrogen (secondary N) is 1. The van der Waals surface area contributed by atoms with E-state index in [1.807, 2.05) is 20.0 Å². The lowest BCUT2D eigenvalue weighted by Crippen LogP contribution is -2.25. The fourth-order valence-corrected chi connectivity index (χ4v) is 4.07. The van der Waals surface area contributed by atoms with Crippen LogP contribution in [0.3, 0.4) is 0 Å². The third-order valence-corrected chi connectivity index (χ3v) is 5.60. The molecule has 7 nitrogen and oxygen atoms in total. The topological polar surface area (TPSA) is 74.6 Å². The zero-order valence-corrected chi connectivity index (χ0v) is 16.9. The van der Waals surface area contributed by atoms with Gasteiger partial charge in [-0.05, 0) is 19.4 Å². The number of aromatic nitrogens is 2. The van der Waals surface area contributed by atoms with E-state index in [2.05, 4.69) is 10.4 Å². The van der Waals surface area contributed by atoms with Crippen LogP contribution in [0.1, 0.15) is 20.9 Å². The van der Waals surface area contributed by atoms with Gasteiger partial charge in [-0.15, -0.1) is 11.3 Å². The molecule has 0 saturated carbocycles. The van der Waals surface area contributed by atoms with Crippen molar-refractivity contribution in [3.8, 4) is 17.2 Å². The van der Waals surface area contributed by atoms with E-state index in [1.54, 1.807) is 38.1 Å². The van der Waals surface area contributed by atoms with Crippen LogP contribution < -0.4 is 19.5 Å². The van der Waals surface area contributed by atoms with Crippen molar-refractivity contribution in [2.45, 2.75) is 13.3 Å². The van der Waals surface area contributed by atoms with Crippen LogP contribution in [-0.2, 0) is 13.5 Å². The van der Waals surface area contributed by atoms with Gasteiger partial charge in [0.15, 0.2) is 0 Å². The van der Waals surface area contributed by atoms with E-state index in [1.165, 1.54) is 11.3 Å². The lowest BCUT2D eigenvalue weighted by molar-refractivity contribution is 0.0958. The van der Waals surface area contributed by atoms with Crippen molar-refractivity contribution < 1.29 is 19.0 Å². The van der Waals surface area contributed by atoms with Crippen LogP contribution in [0.5, 0.6) is 17.2 Å². The van der Waals surface area contributed by atoms with Crippen LogP contribution in [0.25, 0.3) is 10.2 Å². The number of ether oxygens (including phenoxy) is 3. The summed E-state index contributed by atoms with van der Waals surface area (Å²) in [6, 6.07) is 5.51. The van der Waals surface area contributed by atoms with Gasteiger partial charge in [0.05, 0.1) is 31.9 Å². The Morgan fingerprint density at radius 2 is 1.81 bits per heavy atom. The highest BCUT2D eigenvalue weighted by Crippen LogP contribution is 2.34. The maximum Gasteiger partial charge on any atom is 0.261 e. The van der Waals surface area contributed by atoms with Crippen LogP contribution in [0, 0.1) is 6.92 Å². The number of methoxy groups -OCH3 is 3. The molecular formula is C19H23N3O4S. The van der Waals surface area contributed by atoms with Gasteiger partial charge in [0.25, 0.3) is 5.91 Å². The highest BCUT2D eigenvalue weighted by Gasteiger charge is 2.16. The summed E-state index contributed by atoms with van der Waals surface area (Å²) in [5.74, 6) is 1.90. The smallest absolute Gasteiger partial charge is 0.261 e. The quantitative estimate of drug-likeness (QED) is 0.672. The molecule has 27 heavy (non-hydrogen) atoms. The molecule has 0 aliphatic heterocycles. The van der Waals surface area contributed by atoms with Crippen molar-refractivity contribution in [1.29, 1.82) is 0 Å². The Bertz CT molecular complexity index is 917. The van der Waals surface area contributed by atoms with Gasteiger partial charge in [-0.2, -0.15) is 5.10 Å². The van der Waals surface area contributed by atoms with Gasteiger partial charge in [0.1, 0.15) is 22.1 Å².